The summed E-state index contributed by atoms with van der Waals surface area (Å²) in [7, 11) is 0. The average molecular weight is 423 g/mol. The van der Waals surface area contributed by atoms with Gasteiger partial charge in [0.05, 0.1) is 0 Å². The van der Waals surface area contributed by atoms with Gasteiger partial charge in [-0.3, -0.25) is 4.79 Å². The van der Waals surface area contributed by atoms with Gasteiger partial charge >= 0.3 is 5.97 Å². The van der Waals surface area contributed by atoms with E-state index in [9.17, 15) is 9.90 Å². The van der Waals surface area contributed by atoms with E-state index in [0.717, 1.165) is 45.7 Å². The molecular weight excluding hydrogens is 388 g/mol. The van der Waals surface area contributed by atoms with E-state index in [1.54, 1.807) is 0 Å². The average Bonchev–Trinajstić information content (AvgIpc) is 2.72. The van der Waals surface area contributed by atoms with E-state index in [1.807, 2.05) is 58.0 Å². The summed E-state index contributed by atoms with van der Waals surface area (Å²) in [5.41, 5.74) is 4.65. The second kappa shape index (κ2) is 9.17. The first-order valence-corrected chi connectivity index (χ1v) is 11.0. The quantitative estimate of drug-likeness (QED) is 0.541. The lowest BCUT2D eigenvalue weighted by atomic mass is 9.74. The minimum absolute atomic E-state index is 0.120. The number of aliphatic carboxylic acids is 1. The molecule has 2 aromatic carbocycles. The van der Waals surface area contributed by atoms with Gasteiger partial charge < -0.3 is 14.6 Å². The Hall–Kier alpha value is -2.75. The summed E-state index contributed by atoms with van der Waals surface area (Å²) < 4.78 is 12.8. The van der Waals surface area contributed by atoms with Crippen LogP contribution < -0.4 is 9.47 Å². The number of fused-ring (bicyclic) bond motifs is 1. The number of carboxylic acids is 1. The van der Waals surface area contributed by atoms with E-state index < -0.39 is 17.5 Å². The first-order valence-electron chi connectivity index (χ1n) is 11.0. The van der Waals surface area contributed by atoms with Crippen LogP contribution in [0.4, 0.5) is 0 Å². The predicted octanol–water partition coefficient (Wildman–Crippen LogP) is 6.19. The molecule has 0 bridgehead atoms. The van der Waals surface area contributed by atoms with Crippen LogP contribution >= 0.6 is 0 Å². The van der Waals surface area contributed by atoms with Gasteiger partial charge in [0.2, 0.25) is 0 Å². The summed E-state index contributed by atoms with van der Waals surface area (Å²) in [6.45, 7) is 12.5. The van der Waals surface area contributed by atoms with Crippen molar-refractivity contribution in [3.05, 3.63) is 70.3 Å². The summed E-state index contributed by atoms with van der Waals surface area (Å²) in [6, 6.07) is 10.1. The second-order valence-corrected chi connectivity index (χ2v) is 8.90. The van der Waals surface area contributed by atoms with Crippen LogP contribution in [0.15, 0.2) is 42.5 Å². The first kappa shape index (κ1) is 22.9. The molecule has 0 saturated carbocycles. The Morgan fingerprint density at radius 1 is 1.19 bits per heavy atom. The van der Waals surface area contributed by atoms with E-state index >= 15 is 0 Å². The van der Waals surface area contributed by atoms with Gasteiger partial charge in [0.1, 0.15) is 29.6 Å². The van der Waals surface area contributed by atoms with Crippen molar-refractivity contribution in [3.8, 4) is 11.5 Å². The molecule has 1 heterocycles. The van der Waals surface area contributed by atoms with Crippen LogP contribution in [-0.4, -0.2) is 16.7 Å². The van der Waals surface area contributed by atoms with Gasteiger partial charge in [0, 0.05) is 5.56 Å². The van der Waals surface area contributed by atoms with E-state index in [2.05, 4.69) is 26.0 Å². The van der Waals surface area contributed by atoms with Crippen LogP contribution in [0, 0.1) is 32.6 Å². The van der Waals surface area contributed by atoms with Crippen molar-refractivity contribution in [2.75, 3.05) is 0 Å². The van der Waals surface area contributed by atoms with Gasteiger partial charge in [-0.2, -0.15) is 0 Å². The fourth-order valence-electron chi connectivity index (χ4n) is 4.87. The van der Waals surface area contributed by atoms with Crippen LogP contribution in [0.25, 0.3) is 0 Å². The molecule has 0 saturated heterocycles. The Bertz CT molecular complexity index is 977. The number of carboxylic acid groups (broad SMARTS) is 1. The van der Waals surface area contributed by atoms with Crippen LogP contribution in [0.1, 0.15) is 55.0 Å². The molecule has 4 heteroatoms. The zero-order valence-corrected chi connectivity index (χ0v) is 19.5. The molecule has 166 valence electrons. The van der Waals surface area contributed by atoms with Crippen molar-refractivity contribution in [1.29, 1.82) is 0 Å². The zero-order valence-electron chi connectivity index (χ0n) is 19.5. The summed E-state index contributed by atoms with van der Waals surface area (Å²) in [6.07, 6.45) is 5.29. The number of hydrogen-bond acceptors (Lipinski definition) is 3. The smallest absolute Gasteiger partial charge is 0.311 e. The number of ether oxygens (including phenoxy) is 2. The standard InChI is InChI=1S/C27H34O4/c1-7-11-17(2)23(26(28)29)27(6)15-14-22-20(5)24(18(3)19(4)25(22)31-27)30-16-21-12-9-8-10-13-21/h7-13,17,23H,14-16H2,1-6H3,(H,28,29)/b11-7+/t17-,23-,27?/m1/s1. The number of benzene rings is 2. The fraction of sp³-hybridized carbons (Fsp3) is 0.444. The highest BCUT2D eigenvalue weighted by atomic mass is 16.5. The van der Waals surface area contributed by atoms with Crippen molar-refractivity contribution in [3.63, 3.8) is 0 Å². The molecule has 2 aromatic rings. The second-order valence-electron chi connectivity index (χ2n) is 8.90. The van der Waals surface area contributed by atoms with Crippen LogP contribution in [-0.2, 0) is 17.8 Å². The highest BCUT2D eigenvalue weighted by Crippen LogP contribution is 2.47. The third kappa shape index (κ3) is 4.48. The Balaban J connectivity index is 1.95. The Morgan fingerprint density at radius 3 is 2.48 bits per heavy atom. The van der Waals surface area contributed by atoms with Crippen LogP contribution in [0.3, 0.4) is 0 Å². The third-order valence-corrected chi connectivity index (χ3v) is 6.69. The van der Waals surface area contributed by atoms with Gasteiger partial charge in [0.15, 0.2) is 0 Å². The van der Waals surface area contributed by atoms with E-state index in [-0.39, 0.29) is 5.92 Å². The lowest BCUT2D eigenvalue weighted by Gasteiger charge is -2.43. The SMILES string of the molecule is C/C=C/[C@@H](C)[C@H](C(=O)O)C1(C)CCc2c(C)c(OCc3ccccc3)c(C)c(C)c2O1. The van der Waals surface area contributed by atoms with Crippen molar-refractivity contribution < 1.29 is 19.4 Å². The van der Waals surface area contributed by atoms with Gasteiger partial charge in [-0.05, 0) is 75.6 Å². The molecule has 3 rings (SSSR count). The molecule has 1 aliphatic rings. The van der Waals surface area contributed by atoms with Crippen LogP contribution in [0.5, 0.6) is 11.5 Å². The molecule has 0 radical (unpaired) electrons. The molecule has 1 N–H and O–H groups in total. The zero-order chi connectivity index (χ0) is 22.8. The molecular formula is C27H34O4. The van der Waals surface area contributed by atoms with Crippen LogP contribution in [0.2, 0.25) is 0 Å². The molecule has 0 aliphatic carbocycles. The number of hydrogen-bond donors (Lipinski definition) is 1. The summed E-state index contributed by atoms with van der Waals surface area (Å²) in [4.78, 5) is 12.2. The fourth-order valence-corrected chi connectivity index (χ4v) is 4.87. The molecule has 0 spiro atoms. The minimum atomic E-state index is -0.814. The molecule has 0 fully saturated rings. The van der Waals surface area contributed by atoms with Gasteiger partial charge in [-0.15, -0.1) is 0 Å². The molecule has 3 atom stereocenters. The largest absolute Gasteiger partial charge is 0.488 e. The highest BCUT2D eigenvalue weighted by molar-refractivity contribution is 5.73. The van der Waals surface area contributed by atoms with Gasteiger partial charge in [0.25, 0.3) is 0 Å². The maximum Gasteiger partial charge on any atom is 0.311 e. The van der Waals surface area contributed by atoms with Crippen molar-refractivity contribution in [2.24, 2.45) is 11.8 Å². The molecule has 1 aliphatic heterocycles. The number of rotatable bonds is 7. The molecule has 31 heavy (non-hydrogen) atoms. The van der Waals surface area contributed by atoms with E-state index in [4.69, 9.17) is 9.47 Å². The van der Waals surface area contributed by atoms with Crippen molar-refractivity contribution >= 4 is 5.97 Å². The van der Waals surface area contributed by atoms with E-state index in [0.29, 0.717) is 13.0 Å². The Labute approximate surface area is 185 Å². The number of carbonyl (C=O) groups is 1. The molecule has 0 amide bonds. The molecule has 4 nitrogen and oxygen atoms in total. The molecule has 1 unspecified atom stereocenters. The first-order chi connectivity index (χ1) is 14.7. The van der Waals surface area contributed by atoms with Gasteiger partial charge in [-0.1, -0.05) is 49.4 Å². The lowest BCUT2D eigenvalue weighted by Crippen LogP contribution is -2.50. The van der Waals surface area contributed by atoms with Gasteiger partial charge in [-0.25, -0.2) is 0 Å². The molecule has 0 aromatic heterocycles. The Morgan fingerprint density at radius 2 is 1.87 bits per heavy atom. The predicted molar refractivity (Wildman–Crippen MR) is 124 cm³/mol. The summed E-state index contributed by atoms with van der Waals surface area (Å²) in [5.74, 6) is 0.181. The normalized spacial score (nSPS) is 20.1. The monoisotopic (exact) mass is 422 g/mol. The number of allylic oxidation sites excluding steroid dienone is 2. The van der Waals surface area contributed by atoms with Crippen molar-refractivity contribution in [2.45, 2.75) is 66.6 Å². The summed E-state index contributed by atoms with van der Waals surface area (Å²) in [5, 5.41) is 10.0. The summed E-state index contributed by atoms with van der Waals surface area (Å²) >= 11 is 0. The Kier molecular flexibility index (Phi) is 6.78. The third-order valence-electron chi connectivity index (χ3n) is 6.69. The van der Waals surface area contributed by atoms with E-state index in [1.165, 1.54) is 0 Å². The van der Waals surface area contributed by atoms with Crippen molar-refractivity contribution in [1.82, 2.24) is 0 Å². The minimum Gasteiger partial charge on any atom is -0.488 e. The lowest BCUT2D eigenvalue weighted by molar-refractivity contribution is -0.152. The maximum absolute atomic E-state index is 12.2. The topological polar surface area (TPSA) is 55.8 Å². The maximum atomic E-state index is 12.2. The highest BCUT2D eigenvalue weighted by Gasteiger charge is 2.46.